The van der Waals surface area contributed by atoms with E-state index in [0.29, 0.717) is 11.7 Å². The smallest absolute Gasteiger partial charge is 0.217 e. The Morgan fingerprint density at radius 2 is 2.33 bits per heavy atom. The number of nitrogens with one attached hydrogen (secondary N) is 1. The lowest BCUT2D eigenvalue weighted by Gasteiger charge is -2.08. The minimum absolute atomic E-state index is 0.210. The highest BCUT2D eigenvalue weighted by atomic mass is 19.1. The standard InChI is InChI=1S/C10H16FN3O/c1-8(6-15)3-2-4-12-10-5-9(11)13-7-14-10/h5,7-8,15H,2-4,6H2,1H3,(H,12,13,14). The van der Waals surface area contributed by atoms with E-state index in [1.165, 1.54) is 12.4 Å². The number of hydrogen-bond acceptors (Lipinski definition) is 4. The Bertz CT molecular complexity index is 296. The number of halogens is 1. The van der Waals surface area contributed by atoms with E-state index in [4.69, 9.17) is 5.11 Å². The fraction of sp³-hybridized carbons (Fsp3) is 0.600. The van der Waals surface area contributed by atoms with Gasteiger partial charge in [0.1, 0.15) is 12.1 Å². The fourth-order valence-electron chi connectivity index (χ4n) is 1.19. The van der Waals surface area contributed by atoms with Gasteiger partial charge in [0.15, 0.2) is 0 Å². The summed E-state index contributed by atoms with van der Waals surface area (Å²) in [5, 5.41) is 11.8. The predicted octanol–water partition coefficient (Wildman–Crippen LogP) is 1.44. The number of rotatable bonds is 6. The van der Waals surface area contributed by atoms with Gasteiger partial charge in [0.05, 0.1) is 0 Å². The molecule has 0 aliphatic carbocycles. The Kier molecular flexibility index (Phi) is 4.97. The van der Waals surface area contributed by atoms with Gasteiger partial charge in [-0.3, -0.25) is 0 Å². The van der Waals surface area contributed by atoms with Crippen molar-refractivity contribution < 1.29 is 9.50 Å². The summed E-state index contributed by atoms with van der Waals surface area (Å²) in [4.78, 5) is 7.22. The molecule has 1 rings (SSSR count). The van der Waals surface area contributed by atoms with Gasteiger partial charge < -0.3 is 10.4 Å². The largest absolute Gasteiger partial charge is 0.396 e. The molecule has 0 amide bonds. The molecule has 15 heavy (non-hydrogen) atoms. The molecule has 0 saturated heterocycles. The minimum Gasteiger partial charge on any atom is -0.396 e. The molecule has 0 aromatic carbocycles. The van der Waals surface area contributed by atoms with Crippen LogP contribution < -0.4 is 5.32 Å². The van der Waals surface area contributed by atoms with Crippen molar-refractivity contribution in [1.29, 1.82) is 0 Å². The molecular formula is C10H16FN3O. The van der Waals surface area contributed by atoms with Crippen LogP contribution in [0, 0.1) is 11.9 Å². The van der Waals surface area contributed by atoms with E-state index in [1.807, 2.05) is 6.92 Å². The SMILES string of the molecule is CC(CO)CCCNc1cc(F)ncn1. The van der Waals surface area contributed by atoms with Crippen molar-refractivity contribution in [3.8, 4) is 0 Å². The van der Waals surface area contributed by atoms with Gasteiger partial charge in [-0.05, 0) is 18.8 Å². The average molecular weight is 213 g/mol. The highest BCUT2D eigenvalue weighted by Gasteiger charge is 2.00. The molecule has 4 nitrogen and oxygen atoms in total. The zero-order chi connectivity index (χ0) is 11.1. The molecular weight excluding hydrogens is 197 g/mol. The lowest BCUT2D eigenvalue weighted by Crippen LogP contribution is -2.07. The van der Waals surface area contributed by atoms with E-state index in [2.05, 4.69) is 15.3 Å². The third-order valence-electron chi connectivity index (χ3n) is 2.13. The Balaban J connectivity index is 2.20. The molecule has 1 aromatic heterocycles. The van der Waals surface area contributed by atoms with Crippen LogP contribution in [0.3, 0.4) is 0 Å². The monoisotopic (exact) mass is 213 g/mol. The predicted molar refractivity (Wildman–Crippen MR) is 56.0 cm³/mol. The topological polar surface area (TPSA) is 58.0 Å². The van der Waals surface area contributed by atoms with Gasteiger partial charge in [-0.15, -0.1) is 0 Å². The first-order valence-corrected chi connectivity index (χ1v) is 5.04. The van der Waals surface area contributed by atoms with Crippen molar-refractivity contribution in [3.63, 3.8) is 0 Å². The summed E-state index contributed by atoms with van der Waals surface area (Å²) in [5.74, 6) is 0.282. The molecule has 1 atom stereocenters. The van der Waals surface area contributed by atoms with Crippen LogP contribution in [0.5, 0.6) is 0 Å². The van der Waals surface area contributed by atoms with Crippen LogP contribution in [-0.4, -0.2) is 28.2 Å². The molecule has 84 valence electrons. The van der Waals surface area contributed by atoms with E-state index in [-0.39, 0.29) is 6.61 Å². The molecule has 0 radical (unpaired) electrons. The van der Waals surface area contributed by atoms with Gasteiger partial charge in [0, 0.05) is 19.2 Å². The van der Waals surface area contributed by atoms with Crippen LogP contribution in [-0.2, 0) is 0 Å². The molecule has 5 heteroatoms. The van der Waals surface area contributed by atoms with E-state index >= 15 is 0 Å². The molecule has 0 aliphatic heterocycles. The van der Waals surface area contributed by atoms with Gasteiger partial charge >= 0.3 is 0 Å². The second-order valence-corrected chi connectivity index (χ2v) is 3.58. The van der Waals surface area contributed by atoms with Gasteiger partial charge in [-0.1, -0.05) is 6.92 Å². The number of aliphatic hydroxyl groups excluding tert-OH is 1. The van der Waals surface area contributed by atoms with Crippen LogP contribution in [0.15, 0.2) is 12.4 Å². The lowest BCUT2D eigenvalue weighted by molar-refractivity contribution is 0.229. The third-order valence-corrected chi connectivity index (χ3v) is 2.13. The molecule has 1 heterocycles. The van der Waals surface area contributed by atoms with Crippen LogP contribution in [0.4, 0.5) is 10.2 Å². The van der Waals surface area contributed by atoms with Gasteiger partial charge in [0.25, 0.3) is 0 Å². The summed E-state index contributed by atoms with van der Waals surface area (Å²) in [6, 6.07) is 1.26. The Labute approximate surface area is 88.6 Å². The van der Waals surface area contributed by atoms with Gasteiger partial charge in [-0.25, -0.2) is 9.97 Å². The summed E-state index contributed by atoms with van der Waals surface area (Å²) in [7, 11) is 0. The maximum absolute atomic E-state index is 12.6. The van der Waals surface area contributed by atoms with Crippen LogP contribution in [0.25, 0.3) is 0 Å². The lowest BCUT2D eigenvalue weighted by atomic mass is 10.1. The van der Waals surface area contributed by atoms with Crippen molar-refractivity contribution in [1.82, 2.24) is 9.97 Å². The molecule has 0 aliphatic rings. The quantitative estimate of drug-likeness (QED) is 0.554. The fourth-order valence-corrected chi connectivity index (χ4v) is 1.19. The van der Waals surface area contributed by atoms with E-state index in [9.17, 15) is 4.39 Å². The summed E-state index contributed by atoms with van der Waals surface area (Å²) in [6.45, 7) is 2.92. The maximum Gasteiger partial charge on any atom is 0.217 e. The number of aromatic nitrogens is 2. The highest BCUT2D eigenvalue weighted by Crippen LogP contribution is 2.06. The number of aliphatic hydroxyl groups is 1. The Morgan fingerprint density at radius 3 is 3.00 bits per heavy atom. The number of hydrogen-bond donors (Lipinski definition) is 2. The first-order valence-electron chi connectivity index (χ1n) is 5.04. The summed E-state index contributed by atoms with van der Waals surface area (Å²) in [6.07, 6.45) is 3.05. The normalized spacial score (nSPS) is 12.5. The minimum atomic E-state index is -0.531. The zero-order valence-electron chi connectivity index (χ0n) is 8.78. The molecule has 1 aromatic rings. The van der Waals surface area contributed by atoms with Crippen LogP contribution in [0.1, 0.15) is 19.8 Å². The van der Waals surface area contributed by atoms with Crippen molar-refractivity contribution in [2.24, 2.45) is 5.92 Å². The first kappa shape index (κ1) is 11.8. The summed E-state index contributed by atoms with van der Waals surface area (Å²) in [5.41, 5.74) is 0. The first-order chi connectivity index (χ1) is 7.22. The van der Waals surface area contributed by atoms with Crippen molar-refractivity contribution >= 4 is 5.82 Å². The molecule has 0 fully saturated rings. The van der Waals surface area contributed by atoms with Gasteiger partial charge in [0.2, 0.25) is 5.95 Å². The Morgan fingerprint density at radius 1 is 1.53 bits per heavy atom. The highest BCUT2D eigenvalue weighted by molar-refractivity contribution is 5.31. The van der Waals surface area contributed by atoms with Crippen molar-refractivity contribution in [2.45, 2.75) is 19.8 Å². The van der Waals surface area contributed by atoms with E-state index in [0.717, 1.165) is 19.4 Å². The molecule has 0 spiro atoms. The zero-order valence-corrected chi connectivity index (χ0v) is 8.78. The van der Waals surface area contributed by atoms with Gasteiger partial charge in [-0.2, -0.15) is 4.39 Å². The molecule has 0 saturated carbocycles. The van der Waals surface area contributed by atoms with E-state index < -0.39 is 5.95 Å². The summed E-state index contributed by atoms with van der Waals surface area (Å²) >= 11 is 0. The van der Waals surface area contributed by atoms with Crippen LogP contribution in [0.2, 0.25) is 0 Å². The van der Waals surface area contributed by atoms with E-state index in [1.54, 1.807) is 0 Å². The van der Waals surface area contributed by atoms with Crippen LogP contribution >= 0.6 is 0 Å². The molecule has 2 N–H and O–H groups in total. The van der Waals surface area contributed by atoms with Crippen molar-refractivity contribution in [2.75, 3.05) is 18.5 Å². The van der Waals surface area contributed by atoms with Crippen molar-refractivity contribution in [3.05, 3.63) is 18.3 Å². The second kappa shape index (κ2) is 6.29. The Hall–Kier alpha value is -1.23. The number of nitrogens with zero attached hydrogens (tertiary/aromatic N) is 2. The third kappa shape index (κ3) is 4.69. The molecule has 1 unspecified atom stereocenters. The maximum atomic E-state index is 12.6. The average Bonchev–Trinajstić information content (AvgIpc) is 2.24. The molecule has 0 bridgehead atoms. The number of anilines is 1. The second-order valence-electron chi connectivity index (χ2n) is 3.58. The summed E-state index contributed by atoms with van der Waals surface area (Å²) < 4.78 is 12.6.